The first-order valence-corrected chi connectivity index (χ1v) is 19.0. The van der Waals surface area contributed by atoms with Gasteiger partial charge in [-0.05, 0) is 0 Å². The second-order valence-electron chi connectivity index (χ2n) is 8.71. The molecule has 0 heterocycles. The molecular formula is C28H28OSiZr. The van der Waals surface area contributed by atoms with Crippen molar-refractivity contribution < 1.29 is 20.2 Å². The molecule has 3 heteroatoms. The zero-order valence-electron chi connectivity index (χ0n) is 17.9. The summed E-state index contributed by atoms with van der Waals surface area (Å²) >= 11 is -5.50. The fourth-order valence-corrected chi connectivity index (χ4v) is 38.8. The second-order valence-corrected chi connectivity index (χ2v) is 28.2. The Labute approximate surface area is 186 Å². The molecule has 0 aromatic heterocycles. The van der Waals surface area contributed by atoms with E-state index in [1.165, 1.54) is 16.4 Å². The van der Waals surface area contributed by atoms with Crippen LogP contribution in [-0.4, -0.2) is 10.5 Å². The second kappa shape index (κ2) is 7.38. The number of hydrogen-bond donors (Lipinski definition) is 0. The summed E-state index contributed by atoms with van der Waals surface area (Å²) in [5.41, 5.74) is 0. The predicted octanol–water partition coefficient (Wildman–Crippen LogP) is 4.09. The Morgan fingerprint density at radius 3 is 1.16 bits per heavy atom. The van der Waals surface area contributed by atoms with Crippen LogP contribution in [0.4, 0.5) is 0 Å². The standard InChI is InChI=1S/3C6H5.2C5H5.H3OSi.Zr/c3*1-2-4-6-5-3-1;2*1-2-4-5-3-1;1-2;/h3*1-5H;2*1-3H,4H2;2H3;/q;;;;;-1;+1. The molecule has 0 unspecified atom stereocenters. The van der Waals surface area contributed by atoms with Crippen molar-refractivity contribution in [1.29, 1.82) is 0 Å². The van der Waals surface area contributed by atoms with Gasteiger partial charge in [0.05, 0.1) is 0 Å². The molecule has 0 spiro atoms. The van der Waals surface area contributed by atoms with E-state index < -0.39 is 17.7 Å². The monoisotopic (exact) mass is 498 g/mol. The van der Waals surface area contributed by atoms with E-state index >= 15 is 0 Å². The van der Waals surface area contributed by atoms with Crippen molar-refractivity contribution in [3.05, 3.63) is 134 Å². The summed E-state index contributed by atoms with van der Waals surface area (Å²) in [4.78, 5) is 0. The van der Waals surface area contributed by atoms with E-state index in [0.29, 0.717) is 10.5 Å². The SMILES string of the molecule is [SiH3][O][Zr]([C]1=CC=CC1)([C]1=CC=CC1)([c]1ccccc1)([c]1ccccc1)[c]1ccccc1. The van der Waals surface area contributed by atoms with E-state index in [-0.39, 0.29) is 0 Å². The molecule has 0 saturated heterocycles. The minimum atomic E-state index is -5.50. The quantitative estimate of drug-likeness (QED) is 0.464. The molecule has 0 bridgehead atoms. The fraction of sp³-hybridized carbons (Fsp3) is 0.0714. The van der Waals surface area contributed by atoms with Crippen LogP contribution in [-0.2, 0) is 20.2 Å². The number of hydrogen-bond acceptors (Lipinski definition) is 1. The minimum absolute atomic E-state index is 0.621. The van der Waals surface area contributed by atoms with E-state index in [1.807, 2.05) is 0 Å². The Bertz CT molecular complexity index is 1100. The van der Waals surface area contributed by atoms with Gasteiger partial charge in [-0.2, -0.15) is 0 Å². The molecule has 0 radical (unpaired) electrons. The Hall–Kier alpha value is -2.32. The van der Waals surface area contributed by atoms with Crippen LogP contribution in [0, 0.1) is 0 Å². The van der Waals surface area contributed by atoms with Gasteiger partial charge < -0.3 is 0 Å². The third-order valence-electron chi connectivity index (χ3n) is 8.01. The van der Waals surface area contributed by atoms with Crippen LogP contribution < -0.4 is 9.81 Å². The number of rotatable bonds is 6. The Balaban J connectivity index is 2.18. The molecule has 3 aromatic rings. The van der Waals surface area contributed by atoms with Gasteiger partial charge in [0.25, 0.3) is 0 Å². The first kappa shape index (κ1) is 20.6. The zero-order valence-corrected chi connectivity index (χ0v) is 22.4. The molecule has 2 aliphatic rings. The summed E-state index contributed by atoms with van der Waals surface area (Å²) in [7, 11) is 0.621. The van der Waals surface area contributed by atoms with Gasteiger partial charge in [0, 0.05) is 0 Å². The summed E-state index contributed by atoms with van der Waals surface area (Å²) in [6.45, 7) is 0. The summed E-state index contributed by atoms with van der Waals surface area (Å²) in [6.07, 6.45) is 15.6. The Morgan fingerprint density at radius 1 is 0.548 bits per heavy atom. The van der Waals surface area contributed by atoms with Crippen LogP contribution in [0.2, 0.25) is 0 Å². The zero-order chi connectivity index (χ0) is 21.3. The van der Waals surface area contributed by atoms with Crippen LogP contribution in [0.3, 0.4) is 0 Å². The first-order valence-electron chi connectivity index (χ1n) is 11.0. The van der Waals surface area contributed by atoms with Gasteiger partial charge >= 0.3 is 187 Å². The topological polar surface area (TPSA) is 9.23 Å². The number of allylic oxidation sites excluding steroid dienone is 8. The molecule has 2 aliphatic carbocycles. The van der Waals surface area contributed by atoms with E-state index in [4.69, 9.17) is 2.50 Å². The van der Waals surface area contributed by atoms with E-state index in [2.05, 4.69) is 127 Å². The van der Waals surface area contributed by atoms with Crippen LogP contribution in [0.1, 0.15) is 12.8 Å². The van der Waals surface area contributed by atoms with Crippen LogP contribution in [0.15, 0.2) is 134 Å². The summed E-state index contributed by atoms with van der Waals surface area (Å²) in [5, 5.41) is 0. The summed E-state index contributed by atoms with van der Waals surface area (Å²) in [6, 6.07) is 33.4. The van der Waals surface area contributed by atoms with Crippen molar-refractivity contribution >= 4 is 20.3 Å². The molecule has 0 N–H and O–H groups in total. The Kier molecular flexibility index (Phi) is 4.90. The van der Waals surface area contributed by atoms with Gasteiger partial charge in [0.1, 0.15) is 0 Å². The van der Waals surface area contributed by atoms with Gasteiger partial charge in [0.15, 0.2) is 0 Å². The van der Waals surface area contributed by atoms with Crippen molar-refractivity contribution in [2.45, 2.75) is 12.8 Å². The number of benzene rings is 3. The maximum atomic E-state index is 7.56. The van der Waals surface area contributed by atoms with Crippen molar-refractivity contribution in [1.82, 2.24) is 0 Å². The molecule has 0 fully saturated rings. The Morgan fingerprint density at radius 2 is 0.903 bits per heavy atom. The molecule has 5 rings (SSSR count). The van der Waals surface area contributed by atoms with Gasteiger partial charge in [0.2, 0.25) is 0 Å². The van der Waals surface area contributed by atoms with E-state index in [9.17, 15) is 0 Å². The molecule has 3 aromatic carbocycles. The molecule has 31 heavy (non-hydrogen) atoms. The third-order valence-corrected chi connectivity index (χ3v) is 38.7. The average Bonchev–Trinajstić information content (AvgIpc) is 3.60. The maximum absolute atomic E-state index is 7.56. The summed E-state index contributed by atoms with van der Waals surface area (Å²) in [5.74, 6) is 0. The van der Waals surface area contributed by atoms with Crippen molar-refractivity contribution in [3.8, 4) is 0 Å². The molecule has 0 saturated carbocycles. The van der Waals surface area contributed by atoms with Crippen LogP contribution in [0.25, 0.3) is 0 Å². The fourth-order valence-electron chi connectivity index (χ4n) is 6.74. The normalized spacial score (nSPS) is 17.8. The molecule has 0 atom stereocenters. The van der Waals surface area contributed by atoms with Gasteiger partial charge in [-0.25, -0.2) is 0 Å². The first-order chi connectivity index (χ1) is 15.3. The average molecular weight is 500 g/mol. The molecule has 0 amide bonds. The van der Waals surface area contributed by atoms with Gasteiger partial charge in [-0.1, -0.05) is 0 Å². The van der Waals surface area contributed by atoms with Gasteiger partial charge in [-0.3, -0.25) is 0 Å². The molecular weight excluding hydrogens is 472 g/mol. The summed E-state index contributed by atoms with van der Waals surface area (Å²) < 4.78 is 14.4. The third kappa shape index (κ3) is 2.22. The van der Waals surface area contributed by atoms with Crippen LogP contribution >= 0.6 is 0 Å². The van der Waals surface area contributed by atoms with E-state index in [1.54, 1.807) is 0 Å². The van der Waals surface area contributed by atoms with Crippen molar-refractivity contribution in [2.75, 3.05) is 0 Å². The van der Waals surface area contributed by atoms with Crippen LogP contribution in [0.5, 0.6) is 0 Å². The predicted molar refractivity (Wildman–Crippen MR) is 133 cm³/mol. The van der Waals surface area contributed by atoms with E-state index in [0.717, 1.165) is 12.8 Å². The molecule has 0 aliphatic heterocycles. The molecule has 154 valence electrons. The van der Waals surface area contributed by atoms with Crippen molar-refractivity contribution in [3.63, 3.8) is 0 Å². The molecule has 1 nitrogen and oxygen atoms in total. The van der Waals surface area contributed by atoms with Gasteiger partial charge in [-0.15, -0.1) is 0 Å². The van der Waals surface area contributed by atoms with Crippen molar-refractivity contribution in [2.24, 2.45) is 0 Å².